The fourth-order valence-electron chi connectivity index (χ4n) is 0.973. The highest BCUT2D eigenvalue weighted by Crippen LogP contribution is 1.96. The number of quaternary nitrogens is 1. The number of halogens is 1. The van der Waals surface area contributed by atoms with Gasteiger partial charge >= 0.3 is 5.97 Å². The van der Waals surface area contributed by atoms with E-state index >= 15 is 0 Å². The van der Waals surface area contributed by atoms with Crippen LogP contribution < -0.4 is 10.4 Å². The number of carboxylic acid groups (broad SMARTS) is 1. The van der Waals surface area contributed by atoms with Gasteiger partial charge in [-0.15, -0.1) is 12.4 Å². The lowest BCUT2D eigenvalue weighted by molar-refractivity contribution is -0.870. The molecule has 0 aromatic carbocycles. The first-order valence-electron chi connectivity index (χ1n) is 5.90. The Labute approximate surface area is 126 Å². The number of aliphatic carboxylic acids is 1. The van der Waals surface area contributed by atoms with Gasteiger partial charge in [-0.25, -0.2) is 4.79 Å². The molecule has 0 heterocycles. The van der Waals surface area contributed by atoms with Crippen molar-refractivity contribution < 1.29 is 23.9 Å². The van der Waals surface area contributed by atoms with Crippen molar-refractivity contribution in [3.63, 3.8) is 0 Å². The first kappa shape index (κ1) is 20.8. The van der Waals surface area contributed by atoms with Crippen LogP contribution in [0.15, 0.2) is 23.9 Å². The molecule has 0 spiro atoms. The molecule has 6 nitrogen and oxygen atoms in total. The largest absolute Gasteiger partial charge is 0.545 e. The molecule has 116 valence electrons. The Morgan fingerprint density at radius 3 is 2.35 bits per heavy atom. The molecule has 7 heteroatoms. The summed E-state index contributed by atoms with van der Waals surface area (Å²) < 4.78 is 5.74. The summed E-state index contributed by atoms with van der Waals surface area (Å²) >= 11 is 0. The van der Waals surface area contributed by atoms with Crippen LogP contribution in [0.4, 0.5) is 0 Å². The number of nitrogens with zero attached hydrogens (tertiary/aromatic N) is 1. The fourth-order valence-corrected chi connectivity index (χ4v) is 0.973. The molecular weight excluding hydrogens is 284 g/mol. The van der Waals surface area contributed by atoms with Crippen molar-refractivity contribution in [2.75, 3.05) is 40.8 Å². The Bertz CT molecular complexity index is 386. The maximum absolute atomic E-state index is 11.5. The minimum absolute atomic E-state index is 0. The summed E-state index contributed by atoms with van der Waals surface area (Å²) in [5, 5.41) is 13.1. The molecule has 0 saturated heterocycles. The van der Waals surface area contributed by atoms with E-state index in [1.165, 1.54) is 13.1 Å². The molecule has 0 bridgehead atoms. The Morgan fingerprint density at radius 1 is 1.35 bits per heavy atom. The van der Waals surface area contributed by atoms with Crippen molar-refractivity contribution in [3.8, 4) is 0 Å². The lowest BCUT2D eigenvalue weighted by Crippen LogP contribution is -2.38. The Kier molecular flexibility index (Phi) is 9.75. The first-order chi connectivity index (χ1) is 8.63. The van der Waals surface area contributed by atoms with Gasteiger partial charge in [-0.3, -0.25) is 0 Å². The second-order valence-electron chi connectivity index (χ2n) is 5.25. The van der Waals surface area contributed by atoms with Crippen LogP contribution in [0.25, 0.3) is 0 Å². The molecule has 0 radical (unpaired) electrons. The predicted octanol–water partition coefficient (Wildman–Crippen LogP) is -0.543. The van der Waals surface area contributed by atoms with E-state index in [0.717, 1.165) is 0 Å². The number of hydrogen-bond acceptors (Lipinski definition) is 5. The van der Waals surface area contributed by atoms with E-state index < -0.39 is 11.9 Å². The third-order valence-electron chi connectivity index (χ3n) is 2.24. The number of ether oxygens (including phenoxy) is 1. The molecular formula is C13H23ClN2O4. The maximum Gasteiger partial charge on any atom is 0.335 e. The van der Waals surface area contributed by atoms with Crippen molar-refractivity contribution >= 4 is 24.3 Å². The van der Waals surface area contributed by atoms with Crippen LogP contribution in [0.3, 0.4) is 0 Å². The van der Waals surface area contributed by atoms with E-state index in [9.17, 15) is 14.7 Å². The highest BCUT2D eigenvalue weighted by Gasteiger charge is 2.11. The standard InChI is InChI=1S/C13H22N2O4.ClH/c1-10(12(16)17)8-14-9-11(2)13(18)19-7-6-15(3,4)5;/h8,14H,2,6-7,9H2,1,3-5H3;1H. The minimum Gasteiger partial charge on any atom is -0.545 e. The Morgan fingerprint density at radius 2 is 1.90 bits per heavy atom. The summed E-state index contributed by atoms with van der Waals surface area (Å²) in [7, 11) is 5.99. The third kappa shape index (κ3) is 10.4. The number of nitrogens with one attached hydrogen (secondary N) is 1. The summed E-state index contributed by atoms with van der Waals surface area (Å²) in [6, 6.07) is 0. The predicted molar refractivity (Wildman–Crippen MR) is 77.0 cm³/mol. The zero-order chi connectivity index (χ0) is 15.1. The fraction of sp³-hybridized carbons (Fsp3) is 0.538. The normalized spacial score (nSPS) is 11.3. The smallest absolute Gasteiger partial charge is 0.335 e. The minimum atomic E-state index is -1.26. The third-order valence-corrected chi connectivity index (χ3v) is 2.24. The average molecular weight is 307 g/mol. The summed E-state index contributed by atoms with van der Waals surface area (Å²) in [6.45, 7) is 6.12. The molecule has 0 saturated carbocycles. The SMILES string of the molecule is C=C(CNC=C(C)C(=O)[O-])C(=O)OCC[N+](C)(C)C.Cl. The van der Waals surface area contributed by atoms with Crippen molar-refractivity contribution in [2.24, 2.45) is 0 Å². The van der Waals surface area contributed by atoms with Gasteiger partial charge in [0.2, 0.25) is 0 Å². The van der Waals surface area contributed by atoms with E-state index in [1.54, 1.807) is 0 Å². The molecule has 20 heavy (non-hydrogen) atoms. The monoisotopic (exact) mass is 306 g/mol. The number of likely N-dealkylation sites (N-methyl/N-ethyl adjacent to an activating group) is 1. The van der Waals surface area contributed by atoms with Crippen LogP contribution in [0.2, 0.25) is 0 Å². The molecule has 0 atom stereocenters. The molecule has 0 aliphatic rings. The molecule has 0 fully saturated rings. The number of hydrogen-bond donors (Lipinski definition) is 1. The van der Waals surface area contributed by atoms with Crippen LogP contribution in [0, 0.1) is 0 Å². The Hall–Kier alpha value is -1.53. The topological polar surface area (TPSA) is 78.5 Å². The van der Waals surface area contributed by atoms with Crippen LogP contribution in [-0.4, -0.2) is 57.3 Å². The maximum atomic E-state index is 11.5. The van der Waals surface area contributed by atoms with Crippen molar-refractivity contribution in [3.05, 3.63) is 23.9 Å². The summed E-state index contributed by atoms with van der Waals surface area (Å²) in [5.41, 5.74) is 0.287. The second kappa shape index (κ2) is 9.39. The number of carbonyl (C=O) groups is 2. The highest BCUT2D eigenvalue weighted by molar-refractivity contribution is 5.88. The van der Waals surface area contributed by atoms with Gasteiger partial charge in [-0.1, -0.05) is 6.58 Å². The van der Waals surface area contributed by atoms with Crippen LogP contribution in [0.1, 0.15) is 6.92 Å². The van der Waals surface area contributed by atoms with Gasteiger partial charge in [-0.2, -0.15) is 0 Å². The van der Waals surface area contributed by atoms with E-state index in [4.69, 9.17) is 4.74 Å². The van der Waals surface area contributed by atoms with Crippen LogP contribution in [0.5, 0.6) is 0 Å². The molecule has 1 N–H and O–H groups in total. The van der Waals surface area contributed by atoms with Crippen LogP contribution in [-0.2, 0) is 14.3 Å². The summed E-state index contributed by atoms with van der Waals surface area (Å²) in [5.74, 6) is -1.75. The number of rotatable bonds is 8. The summed E-state index contributed by atoms with van der Waals surface area (Å²) in [4.78, 5) is 21.9. The van der Waals surface area contributed by atoms with Gasteiger partial charge in [0.15, 0.2) is 0 Å². The van der Waals surface area contributed by atoms with Gasteiger partial charge in [-0.05, 0) is 12.5 Å². The van der Waals surface area contributed by atoms with Gasteiger partial charge in [0.1, 0.15) is 13.2 Å². The Balaban J connectivity index is 0. The van der Waals surface area contributed by atoms with Gasteiger partial charge < -0.3 is 24.4 Å². The first-order valence-corrected chi connectivity index (χ1v) is 5.90. The molecule has 0 amide bonds. The average Bonchev–Trinajstić information content (AvgIpc) is 2.26. The van der Waals surface area contributed by atoms with Crippen LogP contribution >= 0.6 is 12.4 Å². The van der Waals surface area contributed by atoms with Gasteiger partial charge in [0.05, 0.1) is 27.1 Å². The highest BCUT2D eigenvalue weighted by atomic mass is 35.5. The number of carboxylic acids is 1. The van der Waals surface area contributed by atoms with E-state index in [0.29, 0.717) is 17.6 Å². The van der Waals surface area contributed by atoms with E-state index in [2.05, 4.69) is 11.9 Å². The number of carbonyl (C=O) groups excluding carboxylic acids is 2. The zero-order valence-corrected chi connectivity index (χ0v) is 13.2. The van der Waals surface area contributed by atoms with E-state index in [-0.39, 0.29) is 30.1 Å². The lowest BCUT2D eigenvalue weighted by atomic mass is 10.3. The number of esters is 1. The molecule has 0 unspecified atom stereocenters. The zero-order valence-electron chi connectivity index (χ0n) is 12.4. The molecule has 0 aromatic rings. The summed E-state index contributed by atoms with van der Waals surface area (Å²) in [6.07, 6.45) is 1.26. The van der Waals surface area contributed by atoms with Gasteiger partial charge in [0, 0.05) is 18.3 Å². The van der Waals surface area contributed by atoms with Gasteiger partial charge in [0.25, 0.3) is 0 Å². The quantitative estimate of drug-likeness (QED) is 0.370. The second-order valence-corrected chi connectivity index (χ2v) is 5.25. The lowest BCUT2D eigenvalue weighted by Gasteiger charge is -2.23. The van der Waals surface area contributed by atoms with Crippen molar-refractivity contribution in [2.45, 2.75) is 6.92 Å². The van der Waals surface area contributed by atoms with Crippen molar-refractivity contribution in [1.29, 1.82) is 0 Å². The molecule has 0 rings (SSSR count). The molecule has 0 aromatic heterocycles. The van der Waals surface area contributed by atoms with E-state index in [1.807, 2.05) is 21.1 Å². The molecule has 0 aliphatic heterocycles. The van der Waals surface area contributed by atoms with Crippen molar-refractivity contribution in [1.82, 2.24) is 5.32 Å². The molecule has 0 aliphatic carbocycles.